The largest absolute Gasteiger partial charge is 0.376 e. The number of thioether (sulfide) groups is 1. The van der Waals surface area contributed by atoms with E-state index in [-0.39, 0.29) is 12.0 Å². The second-order valence-corrected chi connectivity index (χ2v) is 6.31. The van der Waals surface area contributed by atoms with Crippen LogP contribution < -0.4 is 5.73 Å². The van der Waals surface area contributed by atoms with Crippen molar-refractivity contribution in [3.05, 3.63) is 0 Å². The van der Waals surface area contributed by atoms with E-state index in [1.165, 1.54) is 0 Å². The first-order valence-corrected chi connectivity index (χ1v) is 8.06. The smallest absolute Gasteiger partial charge is 0.240 e. The zero-order chi connectivity index (χ0) is 13.7. The number of carbonyl (C=O) groups is 1. The maximum Gasteiger partial charge on any atom is 0.240 e. The minimum Gasteiger partial charge on any atom is -0.376 e. The number of amides is 1. The van der Waals surface area contributed by atoms with Gasteiger partial charge in [0, 0.05) is 31.4 Å². The molecule has 0 radical (unpaired) electrons. The van der Waals surface area contributed by atoms with Crippen LogP contribution in [0, 0.1) is 12.3 Å². The van der Waals surface area contributed by atoms with E-state index < -0.39 is 6.04 Å². The molecule has 2 aliphatic heterocycles. The van der Waals surface area contributed by atoms with Crippen molar-refractivity contribution in [3.63, 3.8) is 0 Å². The second-order valence-electron chi connectivity index (χ2n) is 5.16. The normalized spacial score (nSPS) is 28.0. The first kappa shape index (κ1) is 14.7. The lowest BCUT2D eigenvalue weighted by molar-refractivity contribution is -0.136. The summed E-state index contributed by atoms with van der Waals surface area (Å²) in [5.74, 6) is 4.58. The number of carbonyl (C=O) groups excluding carboxylic acids is 1. The standard InChI is InChI=1S/C14H22N2O2S/c1-2-4-13(15)14(17)16(11-6-8-19-10-11)9-12-5-3-7-18-12/h1,11-13H,3-10,15H2. The third kappa shape index (κ3) is 3.88. The Bertz CT molecular complexity index is 344. The van der Waals surface area contributed by atoms with E-state index in [9.17, 15) is 4.79 Å². The summed E-state index contributed by atoms with van der Waals surface area (Å²) in [7, 11) is 0. The molecule has 1 amide bonds. The lowest BCUT2D eigenvalue weighted by atomic mass is 10.1. The molecule has 0 aromatic carbocycles. The quantitative estimate of drug-likeness (QED) is 0.760. The monoisotopic (exact) mass is 282 g/mol. The van der Waals surface area contributed by atoms with E-state index >= 15 is 0 Å². The van der Waals surface area contributed by atoms with E-state index in [4.69, 9.17) is 16.9 Å². The van der Waals surface area contributed by atoms with Gasteiger partial charge in [-0.15, -0.1) is 12.3 Å². The number of hydrogen-bond donors (Lipinski definition) is 1. The zero-order valence-electron chi connectivity index (χ0n) is 11.2. The molecule has 4 nitrogen and oxygen atoms in total. The fraction of sp³-hybridized carbons (Fsp3) is 0.786. The van der Waals surface area contributed by atoms with Crippen molar-refractivity contribution >= 4 is 17.7 Å². The third-order valence-corrected chi connectivity index (χ3v) is 4.85. The van der Waals surface area contributed by atoms with Crippen LogP contribution in [0.15, 0.2) is 0 Å². The predicted molar refractivity (Wildman–Crippen MR) is 77.8 cm³/mol. The van der Waals surface area contributed by atoms with Gasteiger partial charge in [0.05, 0.1) is 12.1 Å². The van der Waals surface area contributed by atoms with Crippen LogP contribution in [0.2, 0.25) is 0 Å². The highest BCUT2D eigenvalue weighted by Crippen LogP contribution is 2.25. The maximum atomic E-state index is 12.4. The number of rotatable bonds is 5. The first-order valence-electron chi connectivity index (χ1n) is 6.91. The Morgan fingerprint density at radius 1 is 1.58 bits per heavy atom. The van der Waals surface area contributed by atoms with Gasteiger partial charge in [-0.25, -0.2) is 0 Å². The summed E-state index contributed by atoms with van der Waals surface area (Å²) in [6.07, 6.45) is 8.90. The third-order valence-electron chi connectivity index (χ3n) is 3.71. The Balaban J connectivity index is 1.99. The summed E-state index contributed by atoms with van der Waals surface area (Å²) >= 11 is 1.90. The fourth-order valence-electron chi connectivity index (χ4n) is 2.62. The highest BCUT2D eigenvalue weighted by Gasteiger charge is 2.32. The molecule has 3 atom stereocenters. The average molecular weight is 282 g/mol. The topological polar surface area (TPSA) is 55.6 Å². The van der Waals surface area contributed by atoms with Crippen LogP contribution in [-0.2, 0) is 9.53 Å². The molecular formula is C14H22N2O2S. The van der Waals surface area contributed by atoms with Crippen molar-refractivity contribution in [2.75, 3.05) is 24.7 Å². The molecule has 2 fully saturated rings. The highest BCUT2D eigenvalue weighted by atomic mass is 32.2. The Morgan fingerprint density at radius 2 is 2.42 bits per heavy atom. The number of hydrogen-bond acceptors (Lipinski definition) is 4. The van der Waals surface area contributed by atoms with Crippen LogP contribution in [0.3, 0.4) is 0 Å². The molecule has 5 heteroatoms. The van der Waals surface area contributed by atoms with Gasteiger partial charge in [0.15, 0.2) is 0 Å². The van der Waals surface area contributed by atoms with Gasteiger partial charge in [0.2, 0.25) is 5.91 Å². The van der Waals surface area contributed by atoms with Crippen LogP contribution in [0.1, 0.15) is 25.7 Å². The number of terminal acetylenes is 1. The van der Waals surface area contributed by atoms with Crippen LogP contribution in [0.5, 0.6) is 0 Å². The van der Waals surface area contributed by atoms with Gasteiger partial charge < -0.3 is 15.4 Å². The molecule has 0 saturated carbocycles. The predicted octanol–water partition coefficient (Wildman–Crippen LogP) is 0.850. The maximum absolute atomic E-state index is 12.4. The molecule has 0 aliphatic carbocycles. The minimum absolute atomic E-state index is 0.0130. The van der Waals surface area contributed by atoms with Crippen LogP contribution in [-0.4, -0.2) is 53.7 Å². The van der Waals surface area contributed by atoms with Crippen molar-refractivity contribution < 1.29 is 9.53 Å². The summed E-state index contributed by atoms with van der Waals surface area (Å²) in [6.45, 7) is 1.48. The van der Waals surface area contributed by atoms with Crippen LogP contribution in [0.4, 0.5) is 0 Å². The summed E-state index contributed by atoms with van der Waals surface area (Å²) in [5, 5.41) is 0. The molecule has 2 saturated heterocycles. The number of nitrogens with zero attached hydrogens (tertiary/aromatic N) is 1. The molecule has 106 valence electrons. The summed E-state index contributed by atoms with van der Waals surface area (Å²) in [4.78, 5) is 14.4. The van der Waals surface area contributed by atoms with Gasteiger partial charge in [-0.3, -0.25) is 4.79 Å². The Morgan fingerprint density at radius 3 is 3.00 bits per heavy atom. The lowest BCUT2D eigenvalue weighted by Gasteiger charge is -2.32. The van der Waals surface area contributed by atoms with Crippen molar-refractivity contribution in [3.8, 4) is 12.3 Å². The van der Waals surface area contributed by atoms with Crippen molar-refractivity contribution in [1.29, 1.82) is 0 Å². The Kier molecular flexibility index (Phi) is 5.56. The van der Waals surface area contributed by atoms with E-state index in [0.29, 0.717) is 19.0 Å². The molecule has 2 N–H and O–H groups in total. The molecule has 2 heterocycles. The van der Waals surface area contributed by atoms with Gasteiger partial charge in [0.25, 0.3) is 0 Å². The second kappa shape index (κ2) is 7.18. The fourth-order valence-corrected chi connectivity index (χ4v) is 3.85. The number of ether oxygens (including phenoxy) is 1. The van der Waals surface area contributed by atoms with Gasteiger partial charge in [-0.05, 0) is 25.0 Å². The molecule has 19 heavy (non-hydrogen) atoms. The molecule has 2 aliphatic rings. The van der Waals surface area contributed by atoms with Crippen LogP contribution >= 0.6 is 11.8 Å². The van der Waals surface area contributed by atoms with E-state index in [1.54, 1.807) is 0 Å². The molecule has 0 spiro atoms. The van der Waals surface area contributed by atoms with Crippen molar-refractivity contribution in [1.82, 2.24) is 4.90 Å². The van der Waals surface area contributed by atoms with Gasteiger partial charge in [-0.1, -0.05) is 0 Å². The van der Waals surface area contributed by atoms with E-state index in [0.717, 1.165) is 37.4 Å². The Hall–Kier alpha value is -0.700. The molecule has 0 bridgehead atoms. The Labute approximate surface area is 119 Å². The summed E-state index contributed by atoms with van der Waals surface area (Å²) < 4.78 is 5.65. The van der Waals surface area contributed by atoms with E-state index in [1.807, 2.05) is 16.7 Å². The summed E-state index contributed by atoms with van der Waals surface area (Å²) in [6, 6.07) is -0.275. The molecule has 0 aromatic rings. The molecule has 3 unspecified atom stereocenters. The number of nitrogens with two attached hydrogens (primary N) is 1. The summed E-state index contributed by atoms with van der Waals surface area (Å²) in [5.41, 5.74) is 5.89. The molecule has 0 aromatic heterocycles. The first-order chi connectivity index (χ1) is 9.22. The minimum atomic E-state index is -0.572. The van der Waals surface area contributed by atoms with Gasteiger partial charge in [0.1, 0.15) is 0 Å². The van der Waals surface area contributed by atoms with E-state index in [2.05, 4.69) is 5.92 Å². The van der Waals surface area contributed by atoms with Gasteiger partial charge in [-0.2, -0.15) is 11.8 Å². The molecule has 2 rings (SSSR count). The van der Waals surface area contributed by atoms with Crippen molar-refractivity contribution in [2.24, 2.45) is 5.73 Å². The van der Waals surface area contributed by atoms with Crippen LogP contribution in [0.25, 0.3) is 0 Å². The lowest BCUT2D eigenvalue weighted by Crippen LogP contribution is -2.51. The SMILES string of the molecule is C#CCC(N)C(=O)N(CC1CCCO1)C1CCSC1. The highest BCUT2D eigenvalue weighted by molar-refractivity contribution is 7.99. The zero-order valence-corrected chi connectivity index (χ0v) is 12.0. The van der Waals surface area contributed by atoms with Crippen molar-refractivity contribution in [2.45, 2.75) is 43.9 Å². The molecular weight excluding hydrogens is 260 g/mol. The van der Waals surface area contributed by atoms with Gasteiger partial charge >= 0.3 is 0 Å². The average Bonchev–Trinajstić information content (AvgIpc) is 3.08.